The second-order valence-electron chi connectivity index (χ2n) is 5.76. The van der Waals surface area contributed by atoms with E-state index < -0.39 is 0 Å². The summed E-state index contributed by atoms with van der Waals surface area (Å²) in [5.41, 5.74) is 3.40. The van der Waals surface area contributed by atoms with Crippen LogP contribution in [0.15, 0.2) is 30.3 Å². The smallest absolute Gasteiger partial charge is 0.258 e. The van der Waals surface area contributed by atoms with Crippen LogP contribution in [0.1, 0.15) is 47.6 Å². The maximum Gasteiger partial charge on any atom is 0.258 e. The molecule has 0 spiro atoms. The van der Waals surface area contributed by atoms with Gasteiger partial charge in [0.25, 0.3) is 5.91 Å². The molecule has 0 aliphatic rings. The van der Waals surface area contributed by atoms with Crippen molar-refractivity contribution in [1.29, 1.82) is 0 Å². The number of nitrogens with zero attached hydrogens (tertiary/aromatic N) is 3. The summed E-state index contributed by atoms with van der Waals surface area (Å²) in [7, 11) is 0. The molecule has 1 aromatic heterocycles. The number of aromatic nitrogens is 2. The molecule has 0 aliphatic heterocycles. The first-order chi connectivity index (χ1) is 11.6. The van der Waals surface area contributed by atoms with Gasteiger partial charge in [-0.15, -0.1) is 0 Å². The molecule has 24 heavy (non-hydrogen) atoms. The van der Waals surface area contributed by atoms with E-state index in [1.165, 1.54) is 0 Å². The number of benzene rings is 1. The lowest BCUT2D eigenvalue weighted by Gasteiger charge is -2.19. The van der Waals surface area contributed by atoms with Gasteiger partial charge >= 0.3 is 0 Å². The summed E-state index contributed by atoms with van der Waals surface area (Å²) in [5.74, 6) is 6.27. The van der Waals surface area contributed by atoms with Crippen molar-refractivity contribution in [3.05, 3.63) is 52.8 Å². The van der Waals surface area contributed by atoms with Crippen molar-refractivity contribution in [2.24, 2.45) is 0 Å². The van der Waals surface area contributed by atoms with Crippen LogP contribution in [0.3, 0.4) is 0 Å². The molecule has 4 heteroatoms. The number of hydrogen-bond acceptors (Lipinski definition) is 2. The molecule has 0 atom stereocenters. The molecule has 2 rings (SSSR count). The van der Waals surface area contributed by atoms with Gasteiger partial charge in [0, 0.05) is 24.3 Å². The molecule has 1 amide bonds. The first-order valence-electron chi connectivity index (χ1n) is 8.45. The van der Waals surface area contributed by atoms with Gasteiger partial charge in [-0.2, -0.15) is 5.10 Å². The van der Waals surface area contributed by atoms with E-state index in [4.69, 9.17) is 0 Å². The first kappa shape index (κ1) is 17.8. The fourth-order valence-electron chi connectivity index (χ4n) is 2.75. The minimum atomic E-state index is 0.0221. The fraction of sp³-hybridized carbons (Fsp3) is 0.400. The number of hydrogen-bond donors (Lipinski definition) is 0. The van der Waals surface area contributed by atoms with E-state index in [-0.39, 0.29) is 5.91 Å². The van der Waals surface area contributed by atoms with Gasteiger partial charge in [0.1, 0.15) is 0 Å². The Kier molecular flexibility index (Phi) is 6.20. The zero-order valence-electron chi connectivity index (χ0n) is 15.0. The van der Waals surface area contributed by atoms with Crippen LogP contribution in [0.5, 0.6) is 0 Å². The number of rotatable bonds is 5. The Bertz CT molecular complexity index is 750. The van der Waals surface area contributed by atoms with E-state index in [1.54, 1.807) is 0 Å². The van der Waals surface area contributed by atoms with Crippen molar-refractivity contribution in [2.45, 2.75) is 40.7 Å². The van der Waals surface area contributed by atoms with Crippen LogP contribution < -0.4 is 0 Å². The van der Waals surface area contributed by atoms with Crippen LogP contribution >= 0.6 is 0 Å². The van der Waals surface area contributed by atoms with E-state index in [2.05, 4.69) is 23.9 Å². The second-order valence-corrected chi connectivity index (χ2v) is 5.76. The highest BCUT2D eigenvalue weighted by Crippen LogP contribution is 2.16. The number of amides is 1. The molecular formula is C20H25N3O. The molecule has 0 aliphatic carbocycles. The van der Waals surface area contributed by atoms with Crippen LogP contribution in [0.4, 0.5) is 0 Å². The summed E-state index contributed by atoms with van der Waals surface area (Å²) in [5, 5.41) is 4.45. The zero-order chi connectivity index (χ0) is 17.5. The minimum absolute atomic E-state index is 0.0221. The molecule has 0 N–H and O–H groups in total. The Hall–Kier alpha value is -2.54. The summed E-state index contributed by atoms with van der Waals surface area (Å²) in [6, 6.07) is 9.84. The average Bonchev–Trinajstić information content (AvgIpc) is 2.88. The van der Waals surface area contributed by atoms with E-state index in [0.29, 0.717) is 18.7 Å². The van der Waals surface area contributed by atoms with E-state index in [0.717, 1.165) is 29.9 Å². The Morgan fingerprint density at radius 1 is 1.21 bits per heavy atom. The van der Waals surface area contributed by atoms with E-state index in [1.807, 2.05) is 60.7 Å². The lowest BCUT2D eigenvalue weighted by Crippen LogP contribution is -2.33. The fourth-order valence-corrected chi connectivity index (χ4v) is 2.75. The third kappa shape index (κ3) is 4.05. The van der Waals surface area contributed by atoms with Gasteiger partial charge < -0.3 is 4.90 Å². The van der Waals surface area contributed by atoms with Crippen LogP contribution in [0.2, 0.25) is 0 Å². The molecule has 0 radical (unpaired) electrons. The molecule has 0 fully saturated rings. The highest BCUT2D eigenvalue weighted by atomic mass is 16.2. The molecule has 0 bridgehead atoms. The van der Waals surface area contributed by atoms with Gasteiger partial charge in [0.2, 0.25) is 0 Å². The molecule has 1 heterocycles. The molecule has 126 valence electrons. The van der Waals surface area contributed by atoms with Crippen molar-refractivity contribution < 1.29 is 4.79 Å². The molecule has 0 saturated heterocycles. The van der Waals surface area contributed by atoms with Crippen LogP contribution in [0, 0.1) is 25.7 Å². The predicted octanol–water partition coefficient (Wildman–Crippen LogP) is 3.42. The Morgan fingerprint density at radius 2 is 1.92 bits per heavy atom. The van der Waals surface area contributed by atoms with E-state index >= 15 is 0 Å². The molecule has 1 aromatic carbocycles. The van der Waals surface area contributed by atoms with Crippen LogP contribution in [-0.2, 0) is 6.54 Å². The average molecular weight is 323 g/mol. The number of aryl methyl sites for hydroxylation is 2. The molecule has 0 saturated carbocycles. The quantitative estimate of drug-likeness (QED) is 0.791. The number of carbonyl (C=O) groups is 1. The van der Waals surface area contributed by atoms with E-state index in [9.17, 15) is 4.79 Å². The lowest BCUT2D eigenvalue weighted by atomic mass is 10.1. The van der Waals surface area contributed by atoms with Gasteiger partial charge in [-0.3, -0.25) is 9.48 Å². The van der Waals surface area contributed by atoms with Crippen LogP contribution in [0.25, 0.3) is 0 Å². The summed E-state index contributed by atoms with van der Waals surface area (Å²) >= 11 is 0. The van der Waals surface area contributed by atoms with Crippen molar-refractivity contribution in [2.75, 3.05) is 13.1 Å². The second kappa shape index (κ2) is 8.35. The Balaban J connectivity index is 2.20. The third-order valence-corrected chi connectivity index (χ3v) is 3.95. The third-order valence-electron chi connectivity index (χ3n) is 3.95. The minimum Gasteiger partial charge on any atom is -0.327 e. The highest BCUT2D eigenvalue weighted by molar-refractivity contribution is 5.96. The summed E-state index contributed by atoms with van der Waals surface area (Å²) in [4.78, 5) is 14.8. The summed E-state index contributed by atoms with van der Waals surface area (Å²) in [6.07, 6.45) is 0.902. The molecular weight excluding hydrogens is 298 g/mol. The largest absolute Gasteiger partial charge is 0.327 e. The van der Waals surface area contributed by atoms with Gasteiger partial charge in [-0.1, -0.05) is 37.0 Å². The van der Waals surface area contributed by atoms with Crippen molar-refractivity contribution in [3.8, 4) is 11.8 Å². The first-order valence-corrected chi connectivity index (χ1v) is 8.45. The number of carbonyl (C=O) groups excluding carboxylic acids is 1. The maximum absolute atomic E-state index is 13.0. The topological polar surface area (TPSA) is 38.1 Å². The molecule has 4 nitrogen and oxygen atoms in total. The van der Waals surface area contributed by atoms with Gasteiger partial charge in [-0.05, 0) is 39.3 Å². The monoisotopic (exact) mass is 323 g/mol. The Morgan fingerprint density at radius 3 is 2.50 bits per heavy atom. The van der Waals surface area contributed by atoms with Crippen LogP contribution in [-0.4, -0.2) is 33.7 Å². The standard InChI is InChI=1S/C20H25N3O/c1-5-14-22(15-10-13-18-11-8-7-9-12-18)20(24)19-16(3)21-23(6-2)17(19)4/h7-9,11-12H,5-6,14-15H2,1-4H3. The van der Waals surface area contributed by atoms with Gasteiger partial charge in [-0.25, -0.2) is 0 Å². The highest BCUT2D eigenvalue weighted by Gasteiger charge is 2.22. The SMILES string of the molecule is CCCN(CC#Cc1ccccc1)C(=O)c1c(C)nn(CC)c1C. The molecule has 2 aromatic rings. The molecule has 0 unspecified atom stereocenters. The maximum atomic E-state index is 13.0. The van der Waals surface area contributed by atoms with Crippen molar-refractivity contribution >= 4 is 5.91 Å². The van der Waals surface area contributed by atoms with Gasteiger partial charge in [0.05, 0.1) is 17.8 Å². The van der Waals surface area contributed by atoms with Gasteiger partial charge in [0.15, 0.2) is 0 Å². The lowest BCUT2D eigenvalue weighted by molar-refractivity contribution is 0.0775. The van der Waals surface area contributed by atoms with Crippen molar-refractivity contribution in [3.63, 3.8) is 0 Å². The van der Waals surface area contributed by atoms with Crippen molar-refractivity contribution in [1.82, 2.24) is 14.7 Å². The Labute approximate surface area is 144 Å². The predicted molar refractivity (Wildman–Crippen MR) is 96.9 cm³/mol. The summed E-state index contributed by atoms with van der Waals surface area (Å²) in [6.45, 7) is 9.84. The summed E-state index contributed by atoms with van der Waals surface area (Å²) < 4.78 is 1.88. The zero-order valence-corrected chi connectivity index (χ0v) is 15.0. The normalized spacial score (nSPS) is 10.2.